The molecule has 0 bridgehead atoms. The molecular weight excluding hydrogens is 110 g/mol. The van der Waals surface area contributed by atoms with E-state index >= 15 is 0 Å². The van der Waals surface area contributed by atoms with Crippen LogP contribution in [0.4, 0.5) is 0 Å². The van der Waals surface area contributed by atoms with Crippen LogP contribution in [-0.2, 0) is 17.7 Å². The molecule has 0 unspecified atom stereocenters. The second kappa shape index (κ2) is 1.93. The zero-order chi connectivity index (χ0) is 5.11. The first-order chi connectivity index (χ1) is 3.39. The van der Waals surface area contributed by atoms with E-state index in [4.69, 9.17) is 0 Å². The molecule has 0 amide bonds. The molecular formula is C4H4NOS-. The quantitative estimate of drug-likeness (QED) is 0.431. The Labute approximate surface area is 47.6 Å². The molecule has 1 aliphatic rings. The Morgan fingerprint density at radius 3 is 2.57 bits per heavy atom. The third-order valence-electron chi connectivity index (χ3n) is 0.562. The predicted octanol–water partition coefficient (Wildman–Crippen LogP) is 0.723. The van der Waals surface area contributed by atoms with E-state index < -0.39 is 0 Å². The summed E-state index contributed by atoms with van der Waals surface area (Å²) < 4.78 is 1.21. The molecule has 0 aromatic carbocycles. The van der Waals surface area contributed by atoms with Crippen LogP contribution in [0.3, 0.4) is 0 Å². The van der Waals surface area contributed by atoms with Crippen LogP contribution in [0.15, 0.2) is 24.6 Å². The van der Waals surface area contributed by atoms with Crippen LogP contribution >= 0.6 is 0 Å². The van der Waals surface area contributed by atoms with E-state index in [-0.39, 0.29) is 0 Å². The molecule has 0 aromatic rings. The van der Waals surface area contributed by atoms with Crippen molar-refractivity contribution in [3.63, 3.8) is 0 Å². The smallest absolute Gasteiger partial charge is 0.116 e. The van der Waals surface area contributed by atoms with E-state index in [0.29, 0.717) is 0 Å². The van der Waals surface area contributed by atoms with Crippen molar-refractivity contribution in [1.29, 1.82) is 0 Å². The minimum absolute atomic E-state index is 1.21. The van der Waals surface area contributed by atoms with Crippen LogP contribution in [0.1, 0.15) is 0 Å². The Hall–Kier alpha value is -0.570. The molecule has 0 radical (unpaired) electrons. The summed E-state index contributed by atoms with van der Waals surface area (Å²) in [6, 6.07) is 0. The lowest BCUT2D eigenvalue weighted by Gasteiger charge is -2.25. The van der Waals surface area contributed by atoms with Crippen LogP contribution in [0.5, 0.6) is 0 Å². The second-order valence-corrected chi connectivity index (χ2v) is 1.42. The van der Waals surface area contributed by atoms with Crippen LogP contribution in [-0.4, -0.2) is 4.47 Å². The zero-order valence-electron chi connectivity index (χ0n) is 3.57. The molecule has 1 rings (SSSR count). The van der Waals surface area contributed by atoms with Crippen LogP contribution in [0.2, 0.25) is 0 Å². The van der Waals surface area contributed by atoms with E-state index in [1.54, 1.807) is 18.4 Å². The highest BCUT2D eigenvalue weighted by Gasteiger charge is 1.77. The number of hydroxylamine groups is 1. The molecule has 1 heterocycles. The summed E-state index contributed by atoms with van der Waals surface area (Å²) in [7, 11) is 0. The van der Waals surface area contributed by atoms with Gasteiger partial charge in [-0.05, 0) is 12.2 Å². The first-order valence-electron chi connectivity index (χ1n) is 1.86. The molecule has 0 atom stereocenters. The number of allylic oxidation sites excluding steroid dienone is 2. The lowest BCUT2D eigenvalue weighted by Crippen LogP contribution is -2.06. The average Bonchev–Trinajstić information content (AvgIpc) is 1.69. The topological polar surface area (TPSA) is 12.5 Å². The van der Waals surface area contributed by atoms with Gasteiger partial charge in [0.1, 0.15) is 6.26 Å². The molecule has 0 N–H and O–H groups in total. The fraction of sp³-hybridized carbons (Fsp3) is 0. The van der Waals surface area contributed by atoms with E-state index in [9.17, 15) is 0 Å². The number of rotatable bonds is 0. The highest BCUT2D eigenvalue weighted by atomic mass is 32.1. The first kappa shape index (κ1) is 4.59. The van der Waals surface area contributed by atoms with Gasteiger partial charge in [-0.3, -0.25) is 0 Å². The molecule has 0 spiro atoms. The molecule has 0 aromatic heterocycles. The Bertz CT molecular complexity index is 110. The van der Waals surface area contributed by atoms with Gasteiger partial charge in [0, 0.05) is 6.20 Å². The molecule has 3 heteroatoms. The van der Waals surface area contributed by atoms with Gasteiger partial charge in [-0.15, -0.1) is 0 Å². The SMILES string of the molecule is [S-]N1C=CC=CO1. The standard InChI is InChI=1S/C4H4NOS/c7-5-3-1-2-4-6-5/h1-4H/q-1. The van der Waals surface area contributed by atoms with Crippen molar-refractivity contribution in [2.45, 2.75) is 0 Å². The van der Waals surface area contributed by atoms with Gasteiger partial charge in [0.25, 0.3) is 0 Å². The second-order valence-electron chi connectivity index (χ2n) is 1.06. The molecule has 38 valence electrons. The Balaban J connectivity index is 2.49. The van der Waals surface area contributed by atoms with Crippen molar-refractivity contribution in [3.05, 3.63) is 24.6 Å². The van der Waals surface area contributed by atoms with Crippen LogP contribution in [0, 0.1) is 0 Å². The van der Waals surface area contributed by atoms with Gasteiger partial charge in [0.2, 0.25) is 0 Å². The van der Waals surface area contributed by atoms with E-state index in [0.717, 1.165) is 0 Å². The van der Waals surface area contributed by atoms with Gasteiger partial charge in [-0.25, -0.2) is 0 Å². The maximum atomic E-state index is 4.66. The molecule has 7 heavy (non-hydrogen) atoms. The number of nitrogens with zero attached hydrogens (tertiary/aromatic N) is 1. The van der Waals surface area contributed by atoms with Gasteiger partial charge in [0.05, 0.1) is 0 Å². The maximum Gasteiger partial charge on any atom is 0.116 e. The fourth-order valence-electron chi connectivity index (χ4n) is 0.296. The molecule has 0 aliphatic carbocycles. The third-order valence-corrected chi connectivity index (χ3v) is 0.770. The summed E-state index contributed by atoms with van der Waals surface area (Å²) in [6.45, 7) is 0. The Morgan fingerprint density at radius 1 is 1.43 bits per heavy atom. The normalized spacial score (nSPS) is 17.0. The number of hydrogen-bond donors (Lipinski definition) is 0. The molecule has 2 nitrogen and oxygen atoms in total. The zero-order valence-corrected chi connectivity index (χ0v) is 4.39. The summed E-state index contributed by atoms with van der Waals surface area (Å²) in [6.07, 6.45) is 6.74. The molecule has 0 saturated carbocycles. The largest absolute Gasteiger partial charge is 0.621 e. The van der Waals surface area contributed by atoms with Crippen molar-refractivity contribution in [2.24, 2.45) is 0 Å². The van der Waals surface area contributed by atoms with Gasteiger partial charge >= 0.3 is 0 Å². The fourth-order valence-corrected chi connectivity index (χ4v) is 0.416. The van der Waals surface area contributed by atoms with Gasteiger partial charge in [-0.2, -0.15) is 0 Å². The monoisotopic (exact) mass is 114 g/mol. The van der Waals surface area contributed by atoms with Crippen molar-refractivity contribution >= 4 is 12.8 Å². The molecule has 1 aliphatic heterocycles. The van der Waals surface area contributed by atoms with E-state index in [1.807, 2.05) is 0 Å². The maximum absolute atomic E-state index is 4.66. The molecule has 0 fully saturated rings. The predicted molar refractivity (Wildman–Crippen MR) is 28.6 cm³/mol. The third kappa shape index (κ3) is 1.16. The van der Waals surface area contributed by atoms with Gasteiger partial charge in [-0.1, -0.05) is 0 Å². The minimum atomic E-state index is 1.21. The first-order valence-corrected chi connectivity index (χ1v) is 2.22. The van der Waals surface area contributed by atoms with Crippen molar-refractivity contribution in [3.8, 4) is 0 Å². The summed E-state index contributed by atoms with van der Waals surface area (Å²) in [5.74, 6) is 0. The van der Waals surface area contributed by atoms with Crippen LogP contribution in [0.25, 0.3) is 0 Å². The van der Waals surface area contributed by atoms with E-state index in [1.165, 1.54) is 10.7 Å². The number of hydrogen-bond acceptors (Lipinski definition) is 3. The lowest BCUT2D eigenvalue weighted by atomic mass is 10.6. The van der Waals surface area contributed by atoms with Crippen molar-refractivity contribution < 1.29 is 4.84 Å². The summed E-state index contributed by atoms with van der Waals surface area (Å²) in [5.41, 5.74) is 0. The Morgan fingerprint density at radius 2 is 2.29 bits per heavy atom. The Kier molecular flexibility index (Phi) is 1.26. The highest BCUT2D eigenvalue weighted by molar-refractivity contribution is 7.55. The minimum Gasteiger partial charge on any atom is -0.621 e. The lowest BCUT2D eigenvalue weighted by molar-refractivity contribution is 0.0421. The average molecular weight is 114 g/mol. The van der Waals surface area contributed by atoms with Crippen molar-refractivity contribution in [2.75, 3.05) is 0 Å². The van der Waals surface area contributed by atoms with Gasteiger partial charge < -0.3 is 22.1 Å². The van der Waals surface area contributed by atoms with Crippen LogP contribution < -0.4 is 0 Å². The van der Waals surface area contributed by atoms with Gasteiger partial charge in [0.15, 0.2) is 0 Å². The summed E-state index contributed by atoms with van der Waals surface area (Å²) in [4.78, 5) is 4.66. The summed E-state index contributed by atoms with van der Waals surface area (Å²) >= 11 is 4.56. The highest BCUT2D eigenvalue weighted by Crippen LogP contribution is 1.94. The van der Waals surface area contributed by atoms with Crippen molar-refractivity contribution in [1.82, 2.24) is 4.47 Å². The summed E-state index contributed by atoms with van der Waals surface area (Å²) in [5, 5.41) is 0. The van der Waals surface area contributed by atoms with E-state index in [2.05, 4.69) is 17.7 Å². The molecule has 0 saturated heterocycles.